The molecule has 0 saturated heterocycles. The van der Waals surface area contributed by atoms with Crippen LogP contribution in [-0.4, -0.2) is 32.2 Å². The van der Waals surface area contributed by atoms with E-state index in [9.17, 15) is 4.79 Å². The fraction of sp³-hybridized carbons (Fsp3) is 0.938. The van der Waals surface area contributed by atoms with Crippen molar-refractivity contribution in [1.82, 2.24) is 0 Å². The molecular weight excluding hydrogens is 240 g/mol. The standard InChI is InChI=1S/C16H32O3/c1-15(2,3)9-7-10-18-12-13-19-11-8-14(17)16(4,5)6/h7-13H2,1-6H3. The molecule has 0 aromatic rings. The molecule has 19 heavy (non-hydrogen) atoms. The molecule has 114 valence electrons. The zero-order valence-electron chi connectivity index (χ0n) is 13.7. The van der Waals surface area contributed by atoms with Gasteiger partial charge in [-0.2, -0.15) is 0 Å². The number of ketones is 1. The average Bonchev–Trinajstić information content (AvgIpc) is 2.23. The van der Waals surface area contributed by atoms with Gasteiger partial charge in [0.1, 0.15) is 5.78 Å². The van der Waals surface area contributed by atoms with Crippen molar-refractivity contribution < 1.29 is 14.3 Å². The maximum atomic E-state index is 11.6. The number of carbonyl (C=O) groups is 1. The molecule has 0 atom stereocenters. The zero-order chi connectivity index (χ0) is 14.9. The summed E-state index contributed by atoms with van der Waals surface area (Å²) in [4.78, 5) is 11.6. The van der Waals surface area contributed by atoms with Crippen LogP contribution in [-0.2, 0) is 14.3 Å². The number of hydrogen-bond acceptors (Lipinski definition) is 3. The Morgan fingerprint density at radius 2 is 1.37 bits per heavy atom. The summed E-state index contributed by atoms with van der Waals surface area (Å²) in [6.07, 6.45) is 2.76. The molecule has 0 aromatic carbocycles. The molecule has 0 aliphatic heterocycles. The summed E-state index contributed by atoms with van der Waals surface area (Å²) in [6, 6.07) is 0. The molecule has 0 aromatic heterocycles. The van der Waals surface area contributed by atoms with Crippen molar-refractivity contribution in [3.63, 3.8) is 0 Å². The smallest absolute Gasteiger partial charge is 0.140 e. The zero-order valence-corrected chi connectivity index (χ0v) is 13.7. The van der Waals surface area contributed by atoms with Crippen LogP contribution in [0, 0.1) is 10.8 Å². The van der Waals surface area contributed by atoms with Crippen LogP contribution in [0.3, 0.4) is 0 Å². The Balaban J connectivity index is 3.31. The van der Waals surface area contributed by atoms with E-state index in [1.165, 1.54) is 6.42 Å². The third kappa shape index (κ3) is 12.4. The van der Waals surface area contributed by atoms with E-state index in [-0.39, 0.29) is 11.2 Å². The minimum Gasteiger partial charge on any atom is -0.379 e. The molecule has 3 nitrogen and oxygen atoms in total. The second-order valence-corrected chi connectivity index (χ2v) is 7.31. The van der Waals surface area contributed by atoms with Gasteiger partial charge < -0.3 is 9.47 Å². The van der Waals surface area contributed by atoms with Gasteiger partial charge in [0.25, 0.3) is 0 Å². The van der Waals surface area contributed by atoms with Gasteiger partial charge in [-0.25, -0.2) is 0 Å². The molecule has 3 heteroatoms. The van der Waals surface area contributed by atoms with Crippen molar-refractivity contribution in [1.29, 1.82) is 0 Å². The second-order valence-electron chi connectivity index (χ2n) is 7.31. The van der Waals surface area contributed by atoms with E-state index >= 15 is 0 Å². The number of hydrogen-bond donors (Lipinski definition) is 0. The highest BCUT2D eigenvalue weighted by Crippen LogP contribution is 2.20. The van der Waals surface area contributed by atoms with Gasteiger partial charge in [0, 0.05) is 18.4 Å². The third-order valence-corrected chi connectivity index (χ3v) is 2.90. The van der Waals surface area contributed by atoms with Crippen molar-refractivity contribution in [3.05, 3.63) is 0 Å². The van der Waals surface area contributed by atoms with Gasteiger partial charge >= 0.3 is 0 Å². The molecule has 0 rings (SSSR count). The van der Waals surface area contributed by atoms with Crippen molar-refractivity contribution in [2.75, 3.05) is 26.4 Å². The van der Waals surface area contributed by atoms with Gasteiger partial charge in [-0.15, -0.1) is 0 Å². The first kappa shape index (κ1) is 18.6. The fourth-order valence-electron chi connectivity index (χ4n) is 1.57. The van der Waals surface area contributed by atoms with Crippen LogP contribution in [0.15, 0.2) is 0 Å². The number of rotatable bonds is 9. The van der Waals surface area contributed by atoms with E-state index in [0.717, 1.165) is 13.0 Å². The predicted molar refractivity (Wildman–Crippen MR) is 79.4 cm³/mol. The monoisotopic (exact) mass is 272 g/mol. The second kappa shape index (κ2) is 8.70. The van der Waals surface area contributed by atoms with Gasteiger partial charge in [-0.3, -0.25) is 4.79 Å². The number of carbonyl (C=O) groups excluding carboxylic acids is 1. The van der Waals surface area contributed by atoms with Crippen LogP contribution in [0.2, 0.25) is 0 Å². The van der Waals surface area contributed by atoms with Crippen LogP contribution in [0.25, 0.3) is 0 Å². The maximum Gasteiger partial charge on any atom is 0.140 e. The summed E-state index contributed by atoms with van der Waals surface area (Å²) in [5, 5.41) is 0. The summed E-state index contributed by atoms with van der Waals surface area (Å²) in [5.74, 6) is 0.249. The highest BCUT2D eigenvalue weighted by atomic mass is 16.5. The van der Waals surface area contributed by atoms with E-state index in [1.54, 1.807) is 0 Å². The summed E-state index contributed by atoms with van der Waals surface area (Å²) in [6.45, 7) is 15.0. The van der Waals surface area contributed by atoms with Crippen LogP contribution < -0.4 is 0 Å². The van der Waals surface area contributed by atoms with E-state index in [1.807, 2.05) is 20.8 Å². The summed E-state index contributed by atoms with van der Waals surface area (Å²) in [7, 11) is 0. The number of ether oxygens (including phenoxy) is 2. The Labute approximate surface area is 119 Å². The van der Waals surface area contributed by atoms with Gasteiger partial charge in [-0.1, -0.05) is 41.5 Å². The summed E-state index contributed by atoms with van der Waals surface area (Å²) in [5.41, 5.74) is 0.125. The SMILES string of the molecule is CC(C)(C)CCCOCCOCCC(=O)C(C)(C)C. The Kier molecular flexibility index (Phi) is 8.51. The molecule has 0 unspecified atom stereocenters. The Morgan fingerprint density at radius 3 is 1.84 bits per heavy atom. The van der Waals surface area contributed by atoms with Gasteiger partial charge in [0.05, 0.1) is 19.8 Å². The van der Waals surface area contributed by atoms with E-state index in [2.05, 4.69) is 20.8 Å². The van der Waals surface area contributed by atoms with Crippen molar-refractivity contribution >= 4 is 5.78 Å². The molecule has 0 bridgehead atoms. The first-order valence-electron chi connectivity index (χ1n) is 7.32. The molecule has 0 aliphatic carbocycles. The lowest BCUT2D eigenvalue weighted by molar-refractivity contribution is -0.127. The lowest BCUT2D eigenvalue weighted by Crippen LogP contribution is -2.21. The summed E-state index contributed by atoms with van der Waals surface area (Å²) >= 11 is 0. The Hall–Kier alpha value is -0.410. The van der Waals surface area contributed by atoms with Gasteiger partial charge in [0.2, 0.25) is 0 Å². The normalized spacial score (nSPS) is 12.7. The highest BCUT2D eigenvalue weighted by molar-refractivity contribution is 5.83. The first-order valence-corrected chi connectivity index (χ1v) is 7.32. The Bertz CT molecular complexity index is 246. The predicted octanol–water partition coefficient (Wildman–Crippen LogP) is 3.85. The molecule has 0 heterocycles. The van der Waals surface area contributed by atoms with Gasteiger partial charge in [-0.05, 0) is 18.3 Å². The highest BCUT2D eigenvalue weighted by Gasteiger charge is 2.20. The Morgan fingerprint density at radius 1 is 0.842 bits per heavy atom. The van der Waals surface area contributed by atoms with E-state index < -0.39 is 0 Å². The largest absolute Gasteiger partial charge is 0.379 e. The van der Waals surface area contributed by atoms with Crippen LogP contribution in [0.1, 0.15) is 60.8 Å². The molecule has 0 N–H and O–H groups in total. The molecule has 0 spiro atoms. The molecular formula is C16H32O3. The molecule has 0 saturated carbocycles. The van der Waals surface area contributed by atoms with Crippen LogP contribution in [0.4, 0.5) is 0 Å². The average molecular weight is 272 g/mol. The van der Waals surface area contributed by atoms with E-state index in [4.69, 9.17) is 9.47 Å². The topological polar surface area (TPSA) is 35.5 Å². The fourth-order valence-corrected chi connectivity index (χ4v) is 1.57. The molecule has 0 amide bonds. The summed E-state index contributed by atoms with van der Waals surface area (Å²) < 4.78 is 10.9. The molecule has 0 radical (unpaired) electrons. The molecule has 0 aliphatic rings. The molecule has 0 fully saturated rings. The lowest BCUT2D eigenvalue weighted by atomic mass is 9.89. The lowest BCUT2D eigenvalue weighted by Gasteiger charge is -2.17. The van der Waals surface area contributed by atoms with Crippen molar-refractivity contribution in [2.24, 2.45) is 10.8 Å². The van der Waals surface area contributed by atoms with Crippen molar-refractivity contribution in [2.45, 2.75) is 60.8 Å². The number of Topliss-reactive ketones (excluding diaryl/α,β-unsaturated/α-hetero) is 1. The quantitative estimate of drug-likeness (QED) is 0.598. The minimum absolute atomic E-state index is 0.249. The minimum atomic E-state index is -0.257. The third-order valence-electron chi connectivity index (χ3n) is 2.90. The van der Waals surface area contributed by atoms with E-state index in [0.29, 0.717) is 31.7 Å². The van der Waals surface area contributed by atoms with Crippen LogP contribution in [0.5, 0.6) is 0 Å². The van der Waals surface area contributed by atoms with Crippen molar-refractivity contribution in [3.8, 4) is 0 Å². The van der Waals surface area contributed by atoms with Gasteiger partial charge in [0.15, 0.2) is 0 Å². The first-order chi connectivity index (χ1) is 8.63. The van der Waals surface area contributed by atoms with Crippen LogP contribution >= 0.6 is 0 Å². The maximum absolute atomic E-state index is 11.6.